The molecule has 0 saturated carbocycles. The minimum Gasteiger partial charge on any atom is -0.467 e. The largest absolute Gasteiger partial charge is 0.467 e. The van der Waals surface area contributed by atoms with Gasteiger partial charge in [-0.2, -0.15) is 4.98 Å². The number of ether oxygens (including phenoxy) is 2. The van der Waals surface area contributed by atoms with Gasteiger partial charge in [0.15, 0.2) is 0 Å². The number of likely N-dealkylation sites (tertiary alicyclic amines) is 1. The van der Waals surface area contributed by atoms with E-state index in [-0.39, 0.29) is 5.91 Å². The first-order chi connectivity index (χ1) is 9.62. The van der Waals surface area contributed by atoms with Crippen LogP contribution in [0.2, 0.25) is 0 Å². The third kappa shape index (κ3) is 2.73. The van der Waals surface area contributed by atoms with Gasteiger partial charge in [0, 0.05) is 19.9 Å². The number of amides is 1. The van der Waals surface area contributed by atoms with Crippen LogP contribution in [0.4, 0.5) is 0 Å². The number of primary amides is 1. The first-order valence-corrected chi connectivity index (χ1v) is 6.52. The molecule has 1 unspecified atom stereocenters. The molecule has 1 atom stereocenters. The van der Waals surface area contributed by atoms with Crippen LogP contribution in [0, 0.1) is 0 Å². The average molecular weight is 280 g/mol. The monoisotopic (exact) mass is 280 g/mol. The van der Waals surface area contributed by atoms with E-state index < -0.39 is 5.54 Å². The first kappa shape index (κ1) is 14.7. The zero-order chi connectivity index (χ0) is 14.6. The van der Waals surface area contributed by atoms with Crippen molar-refractivity contribution in [2.45, 2.75) is 24.9 Å². The Kier molecular flexibility index (Phi) is 4.51. The molecule has 1 aliphatic heterocycles. The lowest BCUT2D eigenvalue weighted by Gasteiger charge is -2.34. The molecule has 2 heterocycles. The minimum absolute atomic E-state index is 0.296. The summed E-state index contributed by atoms with van der Waals surface area (Å²) < 4.78 is 10.2. The zero-order valence-corrected chi connectivity index (χ0v) is 11.8. The van der Waals surface area contributed by atoms with Gasteiger partial charge in [0.2, 0.25) is 5.91 Å². The predicted molar refractivity (Wildman–Crippen MR) is 72.0 cm³/mol. The topological polar surface area (TPSA) is 90.6 Å². The number of carbonyl (C=O) groups excluding carboxylic acids is 1. The van der Waals surface area contributed by atoms with E-state index in [0.717, 1.165) is 18.7 Å². The molecule has 0 bridgehead atoms. The van der Waals surface area contributed by atoms with E-state index >= 15 is 0 Å². The summed E-state index contributed by atoms with van der Waals surface area (Å²) in [6.45, 7) is 1.61. The molecule has 1 fully saturated rings. The average Bonchev–Trinajstić information content (AvgIpc) is 2.84. The Labute approximate surface area is 118 Å². The van der Waals surface area contributed by atoms with E-state index in [1.54, 1.807) is 19.4 Å². The Bertz CT molecular complexity index is 482. The summed E-state index contributed by atoms with van der Waals surface area (Å²) in [6.07, 6.45) is 3.26. The number of hydrogen-bond acceptors (Lipinski definition) is 6. The van der Waals surface area contributed by atoms with Gasteiger partial charge in [-0.15, -0.1) is 0 Å². The SMILES string of the molecule is COCC1(C(N)=O)CCCN1Cc1ccnc(OC)n1. The molecule has 1 aromatic rings. The highest BCUT2D eigenvalue weighted by Gasteiger charge is 2.46. The van der Waals surface area contributed by atoms with Crippen LogP contribution in [-0.2, 0) is 16.1 Å². The van der Waals surface area contributed by atoms with Crippen LogP contribution < -0.4 is 10.5 Å². The minimum atomic E-state index is -0.743. The van der Waals surface area contributed by atoms with E-state index in [1.165, 1.54) is 7.11 Å². The molecule has 1 saturated heterocycles. The van der Waals surface area contributed by atoms with Crippen molar-refractivity contribution in [2.75, 3.05) is 27.4 Å². The lowest BCUT2D eigenvalue weighted by Crippen LogP contribution is -2.56. The van der Waals surface area contributed by atoms with Gasteiger partial charge in [-0.25, -0.2) is 4.98 Å². The summed E-state index contributed by atoms with van der Waals surface area (Å²) in [4.78, 5) is 22.2. The van der Waals surface area contributed by atoms with Crippen molar-refractivity contribution in [1.82, 2.24) is 14.9 Å². The zero-order valence-electron chi connectivity index (χ0n) is 11.8. The number of carbonyl (C=O) groups is 1. The molecule has 2 rings (SSSR count). The predicted octanol–water partition coefficient (Wildman–Crippen LogP) is -0.0485. The van der Waals surface area contributed by atoms with Crippen LogP contribution in [0.15, 0.2) is 12.3 Å². The van der Waals surface area contributed by atoms with Gasteiger partial charge < -0.3 is 15.2 Å². The molecule has 7 heteroatoms. The fourth-order valence-electron chi connectivity index (χ4n) is 2.68. The fraction of sp³-hybridized carbons (Fsp3) is 0.615. The van der Waals surface area contributed by atoms with Gasteiger partial charge in [-0.05, 0) is 25.5 Å². The van der Waals surface area contributed by atoms with Crippen LogP contribution in [-0.4, -0.2) is 53.7 Å². The van der Waals surface area contributed by atoms with Gasteiger partial charge in [0.25, 0.3) is 0 Å². The Morgan fingerprint density at radius 2 is 2.35 bits per heavy atom. The van der Waals surface area contributed by atoms with Crippen molar-refractivity contribution in [3.8, 4) is 6.01 Å². The Balaban J connectivity index is 2.19. The van der Waals surface area contributed by atoms with Crippen LogP contribution in [0.3, 0.4) is 0 Å². The second-order valence-electron chi connectivity index (χ2n) is 4.89. The molecule has 0 aromatic carbocycles. The number of aromatic nitrogens is 2. The normalized spacial score (nSPS) is 22.9. The summed E-state index contributed by atoms with van der Waals surface area (Å²) in [5.41, 5.74) is 5.65. The van der Waals surface area contributed by atoms with E-state index in [0.29, 0.717) is 25.6 Å². The van der Waals surface area contributed by atoms with Crippen molar-refractivity contribution in [1.29, 1.82) is 0 Å². The molecule has 1 aliphatic rings. The molecule has 0 aliphatic carbocycles. The number of nitrogens with two attached hydrogens (primary N) is 1. The fourth-order valence-corrected chi connectivity index (χ4v) is 2.68. The molecule has 20 heavy (non-hydrogen) atoms. The van der Waals surface area contributed by atoms with Crippen LogP contribution in [0.1, 0.15) is 18.5 Å². The van der Waals surface area contributed by atoms with Gasteiger partial charge in [-0.1, -0.05) is 0 Å². The molecule has 2 N–H and O–H groups in total. The van der Waals surface area contributed by atoms with Crippen LogP contribution in [0.25, 0.3) is 0 Å². The van der Waals surface area contributed by atoms with Crippen LogP contribution in [0.5, 0.6) is 6.01 Å². The second kappa shape index (κ2) is 6.15. The third-order valence-corrected chi connectivity index (χ3v) is 3.69. The lowest BCUT2D eigenvalue weighted by atomic mass is 9.96. The molecule has 110 valence electrons. The summed E-state index contributed by atoms with van der Waals surface area (Å²) in [7, 11) is 3.10. The number of hydrogen-bond donors (Lipinski definition) is 1. The number of methoxy groups -OCH3 is 2. The highest BCUT2D eigenvalue weighted by Crippen LogP contribution is 2.31. The molecule has 0 radical (unpaired) electrons. The maximum atomic E-state index is 11.9. The number of rotatable bonds is 6. The standard InChI is InChI=1S/C13H20N4O3/c1-19-9-13(11(14)18)5-3-7-17(13)8-10-4-6-15-12(16-10)20-2/h4,6H,3,5,7-9H2,1-2H3,(H2,14,18). The molecule has 7 nitrogen and oxygen atoms in total. The van der Waals surface area contributed by atoms with Crippen molar-refractivity contribution in [3.63, 3.8) is 0 Å². The molecule has 1 amide bonds. The maximum absolute atomic E-state index is 11.9. The van der Waals surface area contributed by atoms with Crippen LogP contribution >= 0.6 is 0 Å². The van der Waals surface area contributed by atoms with Gasteiger partial charge in [-0.3, -0.25) is 9.69 Å². The summed E-state index contributed by atoms with van der Waals surface area (Å²) in [6, 6.07) is 2.12. The van der Waals surface area contributed by atoms with E-state index in [2.05, 4.69) is 9.97 Å². The van der Waals surface area contributed by atoms with Gasteiger partial charge in [0.05, 0.1) is 19.4 Å². The molecular formula is C13H20N4O3. The molecule has 1 aromatic heterocycles. The maximum Gasteiger partial charge on any atom is 0.316 e. The Morgan fingerprint density at radius 1 is 1.55 bits per heavy atom. The Hall–Kier alpha value is -1.73. The molecule has 0 spiro atoms. The quantitative estimate of drug-likeness (QED) is 0.785. The highest BCUT2D eigenvalue weighted by atomic mass is 16.5. The van der Waals surface area contributed by atoms with E-state index in [4.69, 9.17) is 15.2 Å². The summed E-state index contributed by atoms with van der Waals surface area (Å²) >= 11 is 0. The Morgan fingerprint density at radius 3 is 3.00 bits per heavy atom. The number of nitrogens with zero attached hydrogens (tertiary/aromatic N) is 3. The highest BCUT2D eigenvalue weighted by molar-refractivity contribution is 5.85. The summed E-state index contributed by atoms with van der Waals surface area (Å²) in [5.74, 6) is -0.349. The van der Waals surface area contributed by atoms with Gasteiger partial charge in [0.1, 0.15) is 5.54 Å². The smallest absolute Gasteiger partial charge is 0.316 e. The van der Waals surface area contributed by atoms with Crippen molar-refractivity contribution in [2.24, 2.45) is 5.73 Å². The van der Waals surface area contributed by atoms with Crippen molar-refractivity contribution in [3.05, 3.63) is 18.0 Å². The summed E-state index contributed by atoms with van der Waals surface area (Å²) in [5, 5.41) is 0. The first-order valence-electron chi connectivity index (χ1n) is 6.52. The second-order valence-corrected chi connectivity index (χ2v) is 4.89. The lowest BCUT2D eigenvalue weighted by molar-refractivity contribution is -0.132. The van der Waals surface area contributed by atoms with E-state index in [1.807, 2.05) is 4.90 Å². The van der Waals surface area contributed by atoms with Gasteiger partial charge >= 0.3 is 6.01 Å². The van der Waals surface area contributed by atoms with Crippen molar-refractivity contribution < 1.29 is 14.3 Å². The van der Waals surface area contributed by atoms with E-state index in [9.17, 15) is 4.79 Å². The third-order valence-electron chi connectivity index (χ3n) is 3.69. The molecular weight excluding hydrogens is 260 g/mol. The van der Waals surface area contributed by atoms with Crippen molar-refractivity contribution >= 4 is 5.91 Å².